The van der Waals surface area contributed by atoms with Crippen molar-refractivity contribution in [2.24, 2.45) is 0 Å². The van der Waals surface area contributed by atoms with Gasteiger partial charge in [-0.05, 0) is 67.7 Å². The molecule has 3 rings (SSSR count). The van der Waals surface area contributed by atoms with E-state index in [0.717, 1.165) is 24.0 Å². The molecule has 5 nitrogen and oxygen atoms in total. The molecule has 0 atom stereocenters. The summed E-state index contributed by atoms with van der Waals surface area (Å²) in [7, 11) is 0. The molecule has 0 saturated carbocycles. The van der Waals surface area contributed by atoms with Gasteiger partial charge in [-0.15, -0.1) is 6.58 Å². The average Bonchev–Trinajstić information content (AvgIpc) is 2.91. The minimum absolute atomic E-state index is 0.0123. The quantitative estimate of drug-likeness (QED) is 0.105. The molecule has 7 heteroatoms. The molecule has 0 aliphatic heterocycles. The highest BCUT2D eigenvalue weighted by molar-refractivity contribution is 6.35. The number of nitriles is 1. The predicted molar refractivity (Wildman–Crippen MR) is 154 cm³/mol. The number of allylic oxidation sites excluding steroid dienone is 1. The number of aryl methyl sites for hydroxylation is 1. The van der Waals surface area contributed by atoms with Gasteiger partial charge in [0, 0.05) is 27.7 Å². The van der Waals surface area contributed by atoms with Gasteiger partial charge in [0.25, 0.3) is 5.91 Å². The summed E-state index contributed by atoms with van der Waals surface area (Å²) in [6, 6.07) is 20.9. The van der Waals surface area contributed by atoms with Crippen molar-refractivity contribution in [1.82, 2.24) is 5.32 Å². The summed E-state index contributed by atoms with van der Waals surface area (Å²) in [5, 5.41) is 13.6. The third-order valence-corrected chi connectivity index (χ3v) is 6.24. The van der Waals surface area contributed by atoms with Crippen molar-refractivity contribution in [2.45, 2.75) is 32.8 Å². The molecule has 196 valence electrons. The highest BCUT2D eigenvalue weighted by Gasteiger charge is 2.16. The van der Waals surface area contributed by atoms with E-state index in [1.807, 2.05) is 43.3 Å². The maximum atomic E-state index is 12.7. The maximum absolute atomic E-state index is 12.7. The predicted octanol–water partition coefficient (Wildman–Crippen LogP) is 7.36. The molecule has 0 radical (unpaired) electrons. The van der Waals surface area contributed by atoms with Crippen LogP contribution < -0.4 is 14.8 Å². The third-order valence-electron chi connectivity index (χ3n) is 5.65. The number of nitrogens with one attached hydrogen (secondary N) is 1. The Morgan fingerprint density at radius 3 is 2.55 bits per heavy atom. The number of amides is 1. The Balaban J connectivity index is 1.78. The van der Waals surface area contributed by atoms with Crippen molar-refractivity contribution in [2.75, 3.05) is 13.2 Å². The number of rotatable bonds is 13. The summed E-state index contributed by atoms with van der Waals surface area (Å²) in [5.74, 6) is 0.643. The lowest BCUT2D eigenvalue weighted by atomic mass is 10.0. The van der Waals surface area contributed by atoms with Gasteiger partial charge in [-0.1, -0.05) is 65.7 Å². The first kappa shape index (κ1) is 28.8. The van der Waals surface area contributed by atoms with Crippen molar-refractivity contribution >= 4 is 35.2 Å². The van der Waals surface area contributed by atoms with Gasteiger partial charge in [0.15, 0.2) is 11.5 Å². The van der Waals surface area contributed by atoms with Crippen LogP contribution in [-0.4, -0.2) is 19.1 Å². The van der Waals surface area contributed by atoms with Crippen LogP contribution in [0.5, 0.6) is 11.5 Å². The summed E-state index contributed by atoms with van der Waals surface area (Å²) in [4.78, 5) is 12.7. The zero-order valence-corrected chi connectivity index (χ0v) is 22.8. The molecular formula is C31H30Cl2N2O3. The zero-order valence-electron chi connectivity index (χ0n) is 21.3. The van der Waals surface area contributed by atoms with E-state index >= 15 is 0 Å². The molecule has 1 amide bonds. The molecule has 0 fully saturated rings. The molecule has 0 aliphatic carbocycles. The van der Waals surface area contributed by atoms with E-state index in [-0.39, 0.29) is 12.2 Å². The van der Waals surface area contributed by atoms with Crippen molar-refractivity contribution < 1.29 is 14.3 Å². The first-order valence-electron chi connectivity index (χ1n) is 12.4. The van der Waals surface area contributed by atoms with Gasteiger partial charge in [-0.3, -0.25) is 4.79 Å². The van der Waals surface area contributed by atoms with E-state index < -0.39 is 5.91 Å². The number of carbonyl (C=O) groups is 1. The first-order chi connectivity index (χ1) is 18.4. The lowest BCUT2D eigenvalue weighted by Crippen LogP contribution is -2.25. The van der Waals surface area contributed by atoms with Crippen LogP contribution in [0.25, 0.3) is 6.08 Å². The molecule has 0 bridgehead atoms. The van der Waals surface area contributed by atoms with Crippen LogP contribution in [0.2, 0.25) is 10.0 Å². The third kappa shape index (κ3) is 8.41. The monoisotopic (exact) mass is 548 g/mol. The van der Waals surface area contributed by atoms with Crippen molar-refractivity contribution in [3.63, 3.8) is 0 Å². The molecule has 0 aromatic heterocycles. The molecule has 0 aliphatic rings. The largest absolute Gasteiger partial charge is 0.490 e. The number of hydrogen-bond donors (Lipinski definition) is 1. The van der Waals surface area contributed by atoms with Gasteiger partial charge >= 0.3 is 0 Å². The minimum atomic E-state index is -0.415. The summed E-state index contributed by atoms with van der Waals surface area (Å²) < 4.78 is 12.0. The molecule has 0 spiro atoms. The smallest absolute Gasteiger partial charge is 0.261 e. The molecule has 3 aromatic rings. The standard InChI is InChI=1S/C31H30Cl2N2O3/c1-3-9-24-16-23(17-26(20-34)31(36)35-15-8-12-22-10-6-5-7-11-22)18-29(37-4-2)30(24)38-21-25-13-14-27(32)19-28(25)33/h3,5-7,10-11,13-14,16-19H,1,4,8-9,12,15,21H2,2H3,(H,35,36)/b26-17-. The fourth-order valence-electron chi connectivity index (χ4n) is 3.84. The van der Waals surface area contributed by atoms with Gasteiger partial charge in [0.05, 0.1) is 6.61 Å². The lowest BCUT2D eigenvalue weighted by Gasteiger charge is -2.17. The number of nitrogens with zero attached hydrogens (tertiary/aromatic N) is 1. The van der Waals surface area contributed by atoms with Gasteiger partial charge in [-0.2, -0.15) is 5.26 Å². The van der Waals surface area contributed by atoms with E-state index in [9.17, 15) is 10.1 Å². The molecule has 1 N–H and O–H groups in total. The molecule has 0 unspecified atom stereocenters. The first-order valence-corrected chi connectivity index (χ1v) is 13.1. The highest BCUT2D eigenvalue weighted by Crippen LogP contribution is 2.36. The van der Waals surface area contributed by atoms with Gasteiger partial charge in [0.2, 0.25) is 0 Å². The molecule has 38 heavy (non-hydrogen) atoms. The van der Waals surface area contributed by atoms with E-state index in [1.165, 1.54) is 5.56 Å². The van der Waals surface area contributed by atoms with Crippen LogP contribution in [0.4, 0.5) is 0 Å². The summed E-state index contributed by atoms with van der Waals surface area (Å²) in [6.45, 7) is 6.82. The van der Waals surface area contributed by atoms with Crippen molar-refractivity contribution in [3.05, 3.63) is 111 Å². The van der Waals surface area contributed by atoms with Crippen LogP contribution in [0.3, 0.4) is 0 Å². The van der Waals surface area contributed by atoms with Crippen LogP contribution in [0.15, 0.2) is 78.9 Å². The van der Waals surface area contributed by atoms with Gasteiger partial charge < -0.3 is 14.8 Å². The second kappa shape index (κ2) is 14.9. The SMILES string of the molecule is C=CCc1cc(/C=C(/C#N)C(=O)NCCCc2ccccc2)cc(OCC)c1OCc1ccc(Cl)cc1Cl. The van der Waals surface area contributed by atoms with E-state index in [0.29, 0.717) is 46.7 Å². The number of benzene rings is 3. The Hall–Kier alpha value is -3.72. The normalized spacial score (nSPS) is 10.9. The maximum Gasteiger partial charge on any atom is 0.261 e. The van der Waals surface area contributed by atoms with Gasteiger partial charge in [0.1, 0.15) is 18.2 Å². The Labute approximate surface area is 234 Å². The Kier molecular flexibility index (Phi) is 11.3. The molecular weight excluding hydrogens is 519 g/mol. The second-order valence-corrected chi connectivity index (χ2v) is 9.32. The van der Waals surface area contributed by atoms with Gasteiger partial charge in [-0.25, -0.2) is 0 Å². The summed E-state index contributed by atoms with van der Waals surface area (Å²) >= 11 is 12.3. The van der Waals surface area contributed by atoms with Crippen LogP contribution in [-0.2, 0) is 24.2 Å². The number of halogens is 2. The fraction of sp³-hybridized carbons (Fsp3) is 0.226. The Morgan fingerprint density at radius 2 is 1.87 bits per heavy atom. The summed E-state index contributed by atoms with van der Waals surface area (Å²) in [5.41, 5.74) is 3.46. The Morgan fingerprint density at radius 1 is 1.08 bits per heavy atom. The van der Waals surface area contributed by atoms with E-state index in [2.05, 4.69) is 24.0 Å². The second-order valence-electron chi connectivity index (χ2n) is 8.47. The van der Waals surface area contributed by atoms with E-state index in [1.54, 1.807) is 30.4 Å². The minimum Gasteiger partial charge on any atom is -0.490 e. The van der Waals surface area contributed by atoms with Crippen LogP contribution in [0, 0.1) is 11.3 Å². The topological polar surface area (TPSA) is 71.4 Å². The van der Waals surface area contributed by atoms with Crippen LogP contribution >= 0.6 is 23.2 Å². The average molecular weight is 549 g/mol. The number of carbonyl (C=O) groups excluding carboxylic acids is 1. The van der Waals surface area contributed by atoms with E-state index in [4.69, 9.17) is 32.7 Å². The summed E-state index contributed by atoms with van der Waals surface area (Å²) in [6.07, 6.45) is 5.43. The fourth-order valence-corrected chi connectivity index (χ4v) is 4.30. The molecule has 0 saturated heterocycles. The number of hydrogen-bond acceptors (Lipinski definition) is 4. The lowest BCUT2D eigenvalue weighted by molar-refractivity contribution is -0.117. The van der Waals surface area contributed by atoms with Crippen molar-refractivity contribution in [3.8, 4) is 17.6 Å². The number of ether oxygens (including phenoxy) is 2. The molecule has 3 aromatic carbocycles. The molecule has 0 heterocycles. The Bertz CT molecular complexity index is 1330. The van der Waals surface area contributed by atoms with Crippen molar-refractivity contribution in [1.29, 1.82) is 5.26 Å². The van der Waals surface area contributed by atoms with Crippen LogP contribution in [0.1, 0.15) is 35.6 Å². The zero-order chi connectivity index (χ0) is 27.3. The highest BCUT2D eigenvalue weighted by atomic mass is 35.5.